The van der Waals surface area contributed by atoms with Gasteiger partial charge in [-0.1, -0.05) is 25.5 Å². The normalized spacial score (nSPS) is 14.4. The Morgan fingerprint density at radius 2 is 1.67 bits per heavy atom. The Labute approximate surface area is 168 Å². The van der Waals surface area contributed by atoms with Gasteiger partial charge in [-0.2, -0.15) is 4.99 Å². The zero-order valence-electron chi connectivity index (χ0n) is 15.5. The lowest BCUT2D eigenvalue weighted by Gasteiger charge is -2.40. The number of carbonyl (C=O) groups is 1. The second-order valence-corrected chi connectivity index (χ2v) is 10.8. The number of hydrogen-bond donors (Lipinski definition) is 3. The van der Waals surface area contributed by atoms with E-state index in [1.54, 1.807) is 0 Å². The first kappa shape index (κ1) is 23.4. The molecule has 0 atom stereocenters. The third kappa shape index (κ3) is 5.60. The summed E-state index contributed by atoms with van der Waals surface area (Å²) in [7, 11) is -13.9. The molecule has 166 valence electrons. The van der Waals surface area contributed by atoms with Crippen LogP contribution in [0, 0.1) is 6.92 Å². The van der Waals surface area contributed by atoms with E-state index < -0.39 is 47.4 Å². The van der Waals surface area contributed by atoms with Gasteiger partial charge in [0.1, 0.15) is 4.90 Å². The number of aryl methyl sites for hydroxylation is 1. The first-order valence-corrected chi connectivity index (χ1v) is 11.7. The van der Waals surface area contributed by atoms with Crippen LogP contribution in [0.1, 0.15) is 15.9 Å². The number of nitrogens with one attached hydrogen (secondary N) is 1. The van der Waals surface area contributed by atoms with Crippen molar-refractivity contribution in [1.82, 2.24) is 0 Å². The van der Waals surface area contributed by atoms with E-state index in [4.69, 9.17) is 11.5 Å². The van der Waals surface area contributed by atoms with E-state index in [0.29, 0.717) is 0 Å². The molecule has 0 saturated heterocycles. The van der Waals surface area contributed by atoms with Crippen LogP contribution in [0.2, 0.25) is 0 Å². The monoisotopic (exact) mass is 472 g/mol. The summed E-state index contributed by atoms with van der Waals surface area (Å²) in [4.78, 5) is 12.8. The maximum atomic E-state index is 13.1. The molecule has 7 nitrogen and oxygen atoms in total. The van der Waals surface area contributed by atoms with Crippen molar-refractivity contribution in [3.8, 4) is 0 Å². The highest BCUT2D eigenvalue weighted by Gasteiger charge is 2.65. The van der Waals surface area contributed by atoms with E-state index in [-0.39, 0.29) is 28.9 Å². The molecule has 5 N–H and O–H groups in total. The Morgan fingerprint density at radius 3 is 2.17 bits per heavy atom. The number of halogens is 5. The van der Waals surface area contributed by atoms with E-state index >= 15 is 0 Å². The summed E-state index contributed by atoms with van der Waals surface area (Å²) >= 11 is 0. The van der Waals surface area contributed by atoms with E-state index in [2.05, 4.69) is 10.3 Å². The molecule has 0 aliphatic heterocycles. The Bertz CT molecular complexity index is 1180. The zero-order chi connectivity index (χ0) is 23.2. The lowest BCUT2D eigenvalue weighted by atomic mass is 10.1. The van der Waals surface area contributed by atoms with Crippen LogP contribution in [0.5, 0.6) is 0 Å². The van der Waals surface area contributed by atoms with Crippen molar-refractivity contribution in [3.05, 3.63) is 47.5 Å². The minimum absolute atomic E-state index is 0.168. The van der Waals surface area contributed by atoms with Crippen LogP contribution in [-0.2, 0) is 9.84 Å². The molecule has 0 fully saturated rings. The topological polar surface area (TPSA) is 128 Å². The van der Waals surface area contributed by atoms with Gasteiger partial charge in [-0.25, -0.2) is 8.42 Å². The first-order valence-electron chi connectivity index (χ1n) is 7.88. The van der Waals surface area contributed by atoms with Gasteiger partial charge in [0.2, 0.25) is 0 Å². The number of rotatable bonds is 5. The van der Waals surface area contributed by atoms with Gasteiger partial charge in [0, 0.05) is 17.5 Å². The molecule has 2 rings (SSSR count). The molecule has 2 aromatic rings. The van der Waals surface area contributed by atoms with Crippen LogP contribution in [0.4, 0.5) is 30.8 Å². The Kier molecular flexibility index (Phi) is 5.12. The van der Waals surface area contributed by atoms with E-state index in [1.165, 1.54) is 6.92 Å². The van der Waals surface area contributed by atoms with Gasteiger partial charge in [-0.05, 0) is 42.8 Å². The summed E-state index contributed by atoms with van der Waals surface area (Å²) in [6.45, 7) is 1.40. The van der Waals surface area contributed by atoms with Crippen molar-refractivity contribution < 1.29 is 32.6 Å². The van der Waals surface area contributed by atoms with Crippen LogP contribution in [0.25, 0.3) is 0 Å². The highest BCUT2D eigenvalue weighted by molar-refractivity contribution is 8.45. The maximum absolute atomic E-state index is 13.1. The SMILES string of the molecule is Cc1cc(Nc2cccc(S(F)(F)(F)(F)F)c2)c(S(C)(=O)=O)cc1C(=O)N=C(N)N. The molecule has 0 radical (unpaired) electrons. The molecule has 0 saturated carbocycles. The molecule has 0 unspecified atom stereocenters. The summed E-state index contributed by atoms with van der Waals surface area (Å²) in [6, 6.07) is 4.27. The second kappa shape index (κ2) is 6.57. The average molecular weight is 472 g/mol. The number of hydrogen-bond acceptors (Lipinski definition) is 4. The number of nitrogens with zero attached hydrogens (tertiary/aromatic N) is 1. The van der Waals surface area contributed by atoms with Crippen molar-refractivity contribution >= 4 is 43.3 Å². The third-order valence-corrected chi connectivity index (χ3v) is 6.03. The van der Waals surface area contributed by atoms with Gasteiger partial charge < -0.3 is 16.8 Å². The molecule has 0 aliphatic rings. The molecular formula is C16H17F5N4O3S2. The fraction of sp³-hybridized carbons (Fsp3) is 0.125. The predicted octanol–water partition coefficient (Wildman–Crippen LogP) is 4.21. The fourth-order valence-corrected chi connectivity index (χ4v) is 4.00. The van der Waals surface area contributed by atoms with Crippen LogP contribution >= 0.6 is 10.2 Å². The van der Waals surface area contributed by atoms with Crippen molar-refractivity contribution in [3.63, 3.8) is 0 Å². The summed E-state index contributed by atoms with van der Waals surface area (Å²) in [5.74, 6) is -1.50. The van der Waals surface area contributed by atoms with Crippen molar-refractivity contribution in [1.29, 1.82) is 0 Å². The summed E-state index contributed by atoms with van der Waals surface area (Å²) in [6.07, 6.45) is 0.794. The van der Waals surface area contributed by atoms with Crippen molar-refractivity contribution in [2.45, 2.75) is 16.7 Å². The van der Waals surface area contributed by atoms with Gasteiger partial charge >= 0.3 is 10.2 Å². The van der Waals surface area contributed by atoms with Crippen LogP contribution < -0.4 is 16.8 Å². The van der Waals surface area contributed by atoms with E-state index in [0.717, 1.165) is 30.5 Å². The molecule has 30 heavy (non-hydrogen) atoms. The molecule has 14 heteroatoms. The first-order chi connectivity index (χ1) is 13.3. The Morgan fingerprint density at radius 1 is 1.07 bits per heavy atom. The van der Waals surface area contributed by atoms with Gasteiger partial charge in [0.15, 0.2) is 15.8 Å². The fourth-order valence-electron chi connectivity index (χ4n) is 2.47. The molecule has 0 bridgehead atoms. The van der Waals surface area contributed by atoms with Crippen LogP contribution in [-0.4, -0.2) is 26.5 Å². The molecule has 0 spiro atoms. The number of guanidine groups is 1. The quantitative estimate of drug-likeness (QED) is 0.340. The number of carbonyl (C=O) groups excluding carboxylic acids is 1. The molecular weight excluding hydrogens is 455 g/mol. The number of aliphatic imine (C=N–C) groups is 1. The molecule has 0 aromatic heterocycles. The van der Waals surface area contributed by atoms with Crippen molar-refractivity contribution in [2.24, 2.45) is 16.5 Å². The largest absolute Gasteiger partial charge is 0.370 e. The Balaban J connectivity index is 2.63. The maximum Gasteiger partial charge on any atom is 0.310 e. The summed E-state index contributed by atoms with van der Waals surface area (Å²) < 4.78 is 89.6. The number of nitrogens with two attached hydrogens (primary N) is 2. The smallest absolute Gasteiger partial charge is 0.310 e. The minimum atomic E-state index is -9.94. The third-order valence-electron chi connectivity index (χ3n) is 3.75. The van der Waals surface area contributed by atoms with Crippen LogP contribution in [0.15, 0.2) is 51.2 Å². The van der Waals surface area contributed by atoms with E-state index in [9.17, 15) is 32.6 Å². The van der Waals surface area contributed by atoms with Gasteiger partial charge in [-0.3, -0.25) is 4.79 Å². The number of benzene rings is 2. The van der Waals surface area contributed by atoms with Gasteiger partial charge in [0.25, 0.3) is 5.91 Å². The van der Waals surface area contributed by atoms with Gasteiger partial charge in [-0.15, -0.1) is 0 Å². The van der Waals surface area contributed by atoms with Crippen LogP contribution in [0.3, 0.4) is 0 Å². The number of amides is 1. The summed E-state index contributed by atoms with van der Waals surface area (Å²) in [5, 5.41) is 2.38. The Hall–Kier alpha value is -2.87. The lowest BCUT2D eigenvalue weighted by molar-refractivity contribution is 0.100. The summed E-state index contributed by atoms with van der Waals surface area (Å²) in [5.41, 5.74) is 9.62. The predicted molar refractivity (Wildman–Crippen MR) is 106 cm³/mol. The molecule has 2 aromatic carbocycles. The highest BCUT2D eigenvalue weighted by atomic mass is 32.5. The minimum Gasteiger partial charge on any atom is -0.370 e. The average Bonchev–Trinajstić information content (AvgIpc) is 2.51. The number of sulfone groups is 1. The van der Waals surface area contributed by atoms with Gasteiger partial charge in [0.05, 0.1) is 10.6 Å². The molecule has 1 amide bonds. The molecule has 0 heterocycles. The molecule has 0 aliphatic carbocycles. The number of anilines is 2. The standard InChI is InChI=1S/C16H17F5N4O3S2/c1-9-6-13(14(29(2,27)28)8-12(9)15(26)25-16(22)23)24-10-4-3-5-11(7-10)30(17,18,19,20)21/h3-8,24H,1-2H3,(H4,22,23,25,26). The van der Waals surface area contributed by atoms with Crippen molar-refractivity contribution in [2.75, 3.05) is 11.6 Å². The highest BCUT2D eigenvalue weighted by Crippen LogP contribution is 3.02. The lowest BCUT2D eigenvalue weighted by Crippen LogP contribution is -2.24. The second-order valence-electron chi connectivity index (χ2n) is 6.40. The van der Waals surface area contributed by atoms with E-state index in [1.807, 2.05) is 0 Å². The zero-order valence-corrected chi connectivity index (χ0v) is 17.1.